The summed E-state index contributed by atoms with van der Waals surface area (Å²) in [5.74, 6) is -0.451. The average molecular weight is 350 g/mol. The molecular formula is C21H19FN2O2. The van der Waals surface area contributed by atoms with Crippen LogP contribution in [0.25, 0.3) is 11.3 Å². The Morgan fingerprint density at radius 1 is 1.19 bits per heavy atom. The van der Waals surface area contributed by atoms with Crippen LogP contribution in [0.3, 0.4) is 0 Å². The van der Waals surface area contributed by atoms with Gasteiger partial charge in [0.05, 0.1) is 6.04 Å². The smallest absolute Gasteiger partial charge is 0.292 e. The second kappa shape index (κ2) is 6.75. The zero-order valence-electron chi connectivity index (χ0n) is 14.5. The number of aromatic nitrogens is 1. The topological polar surface area (TPSA) is 46.3 Å². The highest BCUT2D eigenvalue weighted by Gasteiger charge is 2.33. The normalized spacial score (nSPS) is 16.8. The van der Waals surface area contributed by atoms with Crippen LogP contribution in [0.15, 0.2) is 59.1 Å². The Kier molecular flexibility index (Phi) is 4.29. The molecule has 3 aromatic rings. The molecule has 4 nitrogen and oxygen atoms in total. The monoisotopic (exact) mass is 350 g/mol. The van der Waals surface area contributed by atoms with Crippen molar-refractivity contribution in [3.63, 3.8) is 0 Å². The lowest BCUT2D eigenvalue weighted by Crippen LogP contribution is -2.30. The molecule has 1 saturated heterocycles. The van der Waals surface area contributed by atoms with Gasteiger partial charge in [-0.25, -0.2) is 4.39 Å². The SMILES string of the molecule is Cc1ccccc1[C@@H]1CCCN1C(=O)c1cc(-c2ccccc2F)no1. The number of amides is 1. The molecule has 1 aliphatic rings. The van der Waals surface area contributed by atoms with Crippen molar-refractivity contribution in [3.8, 4) is 11.3 Å². The molecule has 0 unspecified atom stereocenters. The third-order valence-corrected chi connectivity index (χ3v) is 4.93. The van der Waals surface area contributed by atoms with E-state index in [0.717, 1.165) is 18.4 Å². The van der Waals surface area contributed by atoms with Gasteiger partial charge >= 0.3 is 0 Å². The van der Waals surface area contributed by atoms with Crippen LogP contribution in [-0.4, -0.2) is 22.5 Å². The van der Waals surface area contributed by atoms with E-state index in [1.54, 1.807) is 18.2 Å². The van der Waals surface area contributed by atoms with Crippen molar-refractivity contribution >= 4 is 5.91 Å². The molecule has 1 aliphatic heterocycles. The maximum Gasteiger partial charge on any atom is 0.292 e. The summed E-state index contributed by atoms with van der Waals surface area (Å²) >= 11 is 0. The number of benzene rings is 2. The molecule has 0 bridgehead atoms. The maximum atomic E-state index is 13.9. The summed E-state index contributed by atoms with van der Waals surface area (Å²) in [6.07, 6.45) is 1.87. The average Bonchev–Trinajstić information content (AvgIpc) is 3.32. The molecule has 1 atom stereocenters. The fourth-order valence-electron chi connectivity index (χ4n) is 3.61. The molecule has 0 radical (unpaired) electrons. The Morgan fingerprint density at radius 3 is 2.77 bits per heavy atom. The second-order valence-corrected chi connectivity index (χ2v) is 6.57. The number of carbonyl (C=O) groups excluding carboxylic acids is 1. The van der Waals surface area contributed by atoms with Gasteiger partial charge in [0.25, 0.3) is 5.91 Å². The zero-order chi connectivity index (χ0) is 18.1. The van der Waals surface area contributed by atoms with Gasteiger partial charge in [0.2, 0.25) is 5.76 Å². The highest BCUT2D eigenvalue weighted by molar-refractivity contribution is 5.93. The first kappa shape index (κ1) is 16.5. The van der Waals surface area contributed by atoms with E-state index in [0.29, 0.717) is 17.8 Å². The van der Waals surface area contributed by atoms with E-state index in [1.165, 1.54) is 17.7 Å². The van der Waals surface area contributed by atoms with E-state index in [-0.39, 0.29) is 17.7 Å². The number of aryl methyl sites for hydroxylation is 1. The number of rotatable bonds is 3. The molecule has 1 amide bonds. The predicted octanol–water partition coefficient (Wildman–Crippen LogP) is 4.77. The van der Waals surface area contributed by atoms with Gasteiger partial charge in [0.1, 0.15) is 11.5 Å². The van der Waals surface area contributed by atoms with E-state index in [9.17, 15) is 9.18 Å². The van der Waals surface area contributed by atoms with Crippen LogP contribution in [0.4, 0.5) is 4.39 Å². The van der Waals surface area contributed by atoms with Crippen molar-refractivity contribution in [1.82, 2.24) is 10.1 Å². The highest BCUT2D eigenvalue weighted by Crippen LogP contribution is 2.35. The van der Waals surface area contributed by atoms with Crippen molar-refractivity contribution in [2.45, 2.75) is 25.8 Å². The van der Waals surface area contributed by atoms with Crippen LogP contribution in [0, 0.1) is 12.7 Å². The van der Waals surface area contributed by atoms with Crippen molar-refractivity contribution < 1.29 is 13.7 Å². The molecule has 2 heterocycles. The molecule has 0 saturated carbocycles. The van der Waals surface area contributed by atoms with Crippen LogP contribution in [0.1, 0.15) is 40.6 Å². The lowest BCUT2D eigenvalue weighted by molar-refractivity contribution is 0.0693. The lowest BCUT2D eigenvalue weighted by atomic mass is 9.99. The highest BCUT2D eigenvalue weighted by atomic mass is 19.1. The fraction of sp³-hybridized carbons (Fsp3) is 0.238. The quantitative estimate of drug-likeness (QED) is 0.684. The van der Waals surface area contributed by atoms with Gasteiger partial charge in [-0.2, -0.15) is 0 Å². The summed E-state index contributed by atoms with van der Waals surface area (Å²) in [4.78, 5) is 14.8. The van der Waals surface area contributed by atoms with Crippen LogP contribution in [0.2, 0.25) is 0 Å². The number of nitrogens with zero attached hydrogens (tertiary/aromatic N) is 2. The minimum atomic E-state index is -0.390. The second-order valence-electron chi connectivity index (χ2n) is 6.57. The van der Waals surface area contributed by atoms with Gasteiger partial charge in [-0.05, 0) is 43.0 Å². The number of hydrogen-bond acceptors (Lipinski definition) is 3. The number of hydrogen-bond donors (Lipinski definition) is 0. The summed E-state index contributed by atoms with van der Waals surface area (Å²) in [5.41, 5.74) is 2.99. The Balaban J connectivity index is 1.62. The van der Waals surface area contributed by atoms with E-state index < -0.39 is 5.82 Å². The molecule has 0 N–H and O–H groups in total. The Hall–Kier alpha value is -2.95. The molecule has 132 valence electrons. The van der Waals surface area contributed by atoms with Crippen molar-refractivity contribution in [3.05, 3.63) is 77.3 Å². The fourth-order valence-corrected chi connectivity index (χ4v) is 3.61. The van der Waals surface area contributed by atoms with E-state index >= 15 is 0 Å². The van der Waals surface area contributed by atoms with Gasteiger partial charge in [-0.15, -0.1) is 0 Å². The van der Waals surface area contributed by atoms with Crippen molar-refractivity contribution in [1.29, 1.82) is 0 Å². The van der Waals surface area contributed by atoms with E-state index in [4.69, 9.17) is 4.52 Å². The van der Waals surface area contributed by atoms with Crippen molar-refractivity contribution in [2.75, 3.05) is 6.54 Å². The minimum absolute atomic E-state index is 0.0331. The Morgan fingerprint density at radius 2 is 1.96 bits per heavy atom. The summed E-state index contributed by atoms with van der Waals surface area (Å²) in [6, 6.07) is 16.0. The largest absolute Gasteiger partial charge is 0.350 e. The van der Waals surface area contributed by atoms with Gasteiger partial charge in [0.15, 0.2) is 0 Å². The van der Waals surface area contributed by atoms with E-state index in [1.807, 2.05) is 17.0 Å². The van der Waals surface area contributed by atoms with Gasteiger partial charge in [0, 0.05) is 18.2 Å². The number of halogens is 1. The molecule has 1 aromatic heterocycles. The predicted molar refractivity (Wildman–Crippen MR) is 96.1 cm³/mol. The first-order valence-corrected chi connectivity index (χ1v) is 8.73. The zero-order valence-corrected chi connectivity index (χ0v) is 14.5. The van der Waals surface area contributed by atoms with Crippen LogP contribution in [0.5, 0.6) is 0 Å². The van der Waals surface area contributed by atoms with E-state index in [2.05, 4.69) is 24.2 Å². The molecule has 2 aromatic carbocycles. The van der Waals surface area contributed by atoms with Gasteiger partial charge in [-0.3, -0.25) is 4.79 Å². The van der Waals surface area contributed by atoms with Crippen LogP contribution in [-0.2, 0) is 0 Å². The first-order valence-electron chi connectivity index (χ1n) is 8.73. The number of carbonyl (C=O) groups is 1. The Bertz CT molecular complexity index is 950. The third-order valence-electron chi connectivity index (χ3n) is 4.93. The molecule has 0 spiro atoms. The van der Waals surface area contributed by atoms with Crippen molar-refractivity contribution in [2.24, 2.45) is 0 Å². The Labute approximate surface area is 151 Å². The molecule has 4 rings (SSSR count). The van der Waals surface area contributed by atoms with Gasteiger partial charge < -0.3 is 9.42 Å². The summed E-state index contributed by atoms with van der Waals surface area (Å²) in [5, 5.41) is 3.89. The standard InChI is InChI=1S/C21H19FN2O2/c1-14-7-2-3-8-15(14)19-11-6-12-24(19)21(25)20-13-18(23-26-20)16-9-4-5-10-17(16)22/h2-5,7-10,13,19H,6,11-12H2,1H3/t19-/m0/s1. The summed E-state index contributed by atoms with van der Waals surface area (Å²) in [7, 11) is 0. The lowest BCUT2D eigenvalue weighted by Gasteiger charge is -2.25. The molecule has 5 heteroatoms. The maximum absolute atomic E-state index is 13.9. The molecule has 26 heavy (non-hydrogen) atoms. The molecular weight excluding hydrogens is 331 g/mol. The summed E-state index contributed by atoms with van der Waals surface area (Å²) < 4.78 is 19.2. The minimum Gasteiger partial charge on any atom is -0.350 e. The van der Waals surface area contributed by atoms with Gasteiger partial charge in [-0.1, -0.05) is 41.6 Å². The third kappa shape index (κ3) is 2.90. The molecule has 0 aliphatic carbocycles. The first-order chi connectivity index (χ1) is 12.6. The van der Waals surface area contributed by atoms with Crippen LogP contribution >= 0.6 is 0 Å². The summed E-state index contributed by atoms with van der Waals surface area (Å²) in [6.45, 7) is 2.73. The molecule has 1 fully saturated rings. The van der Waals surface area contributed by atoms with Crippen LogP contribution < -0.4 is 0 Å². The number of likely N-dealkylation sites (tertiary alicyclic amines) is 1.